The van der Waals surface area contributed by atoms with E-state index in [-0.39, 0.29) is 0 Å². The highest BCUT2D eigenvalue weighted by Crippen LogP contribution is 2.28. The van der Waals surface area contributed by atoms with Gasteiger partial charge in [-0.05, 0) is 55.5 Å². The van der Waals surface area contributed by atoms with Gasteiger partial charge in [-0.3, -0.25) is 0 Å². The Hall–Kier alpha value is -0.730. The Morgan fingerprint density at radius 1 is 1.32 bits per heavy atom. The zero-order chi connectivity index (χ0) is 13.7. The van der Waals surface area contributed by atoms with Gasteiger partial charge in [0.25, 0.3) is 0 Å². The zero-order valence-corrected chi connectivity index (χ0v) is 12.8. The Labute approximate surface area is 122 Å². The Morgan fingerprint density at radius 3 is 2.74 bits per heavy atom. The van der Waals surface area contributed by atoms with E-state index in [1.807, 2.05) is 6.07 Å². The van der Waals surface area contributed by atoms with Gasteiger partial charge in [-0.1, -0.05) is 25.4 Å². The van der Waals surface area contributed by atoms with Crippen LogP contribution in [0.3, 0.4) is 0 Å². The van der Waals surface area contributed by atoms with Crippen LogP contribution in [-0.2, 0) is 6.54 Å². The van der Waals surface area contributed by atoms with Gasteiger partial charge in [0.1, 0.15) is 0 Å². The third-order valence-corrected chi connectivity index (χ3v) is 4.14. The number of benzene rings is 1. The molecule has 1 fully saturated rings. The predicted octanol–water partition coefficient (Wildman–Crippen LogP) is 4.08. The molecular weight excluding hydrogens is 256 g/mol. The summed E-state index contributed by atoms with van der Waals surface area (Å²) in [5.74, 6) is 0.866. The molecule has 0 radical (unpaired) electrons. The van der Waals surface area contributed by atoms with Crippen molar-refractivity contribution >= 4 is 17.3 Å². The number of piperidine rings is 1. The first-order valence-corrected chi connectivity index (χ1v) is 7.82. The second-order valence-electron chi connectivity index (χ2n) is 5.62. The van der Waals surface area contributed by atoms with Crippen LogP contribution in [0.2, 0.25) is 5.02 Å². The molecule has 19 heavy (non-hydrogen) atoms. The van der Waals surface area contributed by atoms with Crippen LogP contribution < -0.4 is 10.2 Å². The lowest BCUT2D eigenvalue weighted by atomic mass is 9.98. The maximum Gasteiger partial charge on any atom is 0.0412 e. The van der Waals surface area contributed by atoms with Gasteiger partial charge in [0, 0.05) is 30.3 Å². The van der Waals surface area contributed by atoms with Crippen LogP contribution in [0, 0.1) is 5.92 Å². The molecule has 1 aliphatic heterocycles. The molecule has 3 heteroatoms. The highest BCUT2D eigenvalue weighted by atomic mass is 35.5. The first-order valence-electron chi connectivity index (χ1n) is 7.44. The summed E-state index contributed by atoms with van der Waals surface area (Å²) >= 11 is 6.15. The van der Waals surface area contributed by atoms with Crippen molar-refractivity contribution in [1.82, 2.24) is 5.32 Å². The summed E-state index contributed by atoms with van der Waals surface area (Å²) in [5.41, 5.74) is 2.69. The number of halogens is 1. The first kappa shape index (κ1) is 14.7. The smallest absolute Gasteiger partial charge is 0.0412 e. The minimum atomic E-state index is 0.836. The molecule has 1 aromatic carbocycles. The number of hydrogen-bond acceptors (Lipinski definition) is 2. The average molecular weight is 281 g/mol. The van der Waals surface area contributed by atoms with E-state index in [9.17, 15) is 0 Å². The monoisotopic (exact) mass is 280 g/mol. The van der Waals surface area contributed by atoms with Crippen molar-refractivity contribution in [3.8, 4) is 0 Å². The fourth-order valence-electron chi connectivity index (χ4n) is 2.65. The van der Waals surface area contributed by atoms with Crippen LogP contribution in [0.1, 0.15) is 38.7 Å². The van der Waals surface area contributed by atoms with E-state index >= 15 is 0 Å². The van der Waals surface area contributed by atoms with E-state index in [2.05, 4.69) is 36.2 Å². The van der Waals surface area contributed by atoms with E-state index < -0.39 is 0 Å². The fourth-order valence-corrected chi connectivity index (χ4v) is 2.85. The molecule has 1 aromatic rings. The average Bonchev–Trinajstić information content (AvgIpc) is 2.41. The highest BCUT2D eigenvalue weighted by molar-refractivity contribution is 6.30. The van der Waals surface area contributed by atoms with Gasteiger partial charge in [-0.2, -0.15) is 0 Å². The maximum absolute atomic E-state index is 6.15. The van der Waals surface area contributed by atoms with Gasteiger partial charge in [0.2, 0.25) is 0 Å². The quantitative estimate of drug-likeness (QED) is 0.818. The van der Waals surface area contributed by atoms with Gasteiger partial charge < -0.3 is 10.2 Å². The lowest BCUT2D eigenvalue weighted by Crippen LogP contribution is -2.33. The molecule has 0 aromatic heterocycles. The number of rotatable bonds is 5. The largest absolute Gasteiger partial charge is 0.371 e. The molecule has 0 bridgehead atoms. The summed E-state index contributed by atoms with van der Waals surface area (Å²) < 4.78 is 0. The first-order chi connectivity index (χ1) is 9.20. The summed E-state index contributed by atoms with van der Waals surface area (Å²) in [6.07, 6.45) is 3.76. The molecule has 1 heterocycles. The molecule has 2 rings (SSSR count). The van der Waals surface area contributed by atoms with Crippen LogP contribution in [0.15, 0.2) is 18.2 Å². The van der Waals surface area contributed by atoms with Gasteiger partial charge in [0.15, 0.2) is 0 Å². The molecular formula is C16H25ClN2. The van der Waals surface area contributed by atoms with Crippen LogP contribution in [0.4, 0.5) is 5.69 Å². The van der Waals surface area contributed by atoms with Crippen molar-refractivity contribution in [3.05, 3.63) is 28.8 Å². The highest BCUT2D eigenvalue weighted by Gasteiger charge is 2.18. The second kappa shape index (κ2) is 7.16. The minimum absolute atomic E-state index is 0.836. The zero-order valence-electron chi connectivity index (χ0n) is 12.1. The van der Waals surface area contributed by atoms with Crippen molar-refractivity contribution < 1.29 is 0 Å². The minimum Gasteiger partial charge on any atom is -0.371 e. The molecule has 0 spiro atoms. The fraction of sp³-hybridized carbons (Fsp3) is 0.625. The summed E-state index contributed by atoms with van der Waals surface area (Å²) in [5, 5.41) is 4.32. The molecule has 1 aliphatic rings. The molecule has 2 nitrogen and oxygen atoms in total. The van der Waals surface area contributed by atoms with Crippen molar-refractivity contribution in [1.29, 1.82) is 0 Å². The van der Waals surface area contributed by atoms with E-state index in [4.69, 9.17) is 11.6 Å². The Morgan fingerprint density at radius 2 is 2.05 bits per heavy atom. The Bertz CT molecular complexity index is 398. The number of nitrogens with zero attached hydrogens (tertiary/aromatic N) is 1. The van der Waals surface area contributed by atoms with Crippen LogP contribution >= 0.6 is 11.6 Å². The molecule has 1 saturated heterocycles. The Kier molecular flexibility index (Phi) is 5.53. The number of nitrogens with one attached hydrogen (secondary N) is 1. The molecule has 0 aliphatic carbocycles. The lowest BCUT2D eigenvalue weighted by Gasteiger charge is -2.33. The van der Waals surface area contributed by atoms with Crippen molar-refractivity contribution in [2.45, 2.75) is 39.7 Å². The molecule has 0 unspecified atom stereocenters. The standard InChI is InChI=1S/C16H25ClN2/c1-3-8-18-12-14-11-15(17)4-5-16(14)19-9-6-13(2)7-10-19/h4-5,11,13,18H,3,6-10,12H2,1-2H3. The van der Waals surface area contributed by atoms with Crippen LogP contribution in [0.25, 0.3) is 0 Å². The third-order valence-electron chi connectivity index (χ3n) is 3.91. The van der Waals surface area contributed by atoms with E-state index in [1.54, 1.807) is 0 Å². The van der Waals surface area contributed by atoms with Gasteiger partial charge in [-0.15, -0.1) is 0 Å². The summed E-state index contributed by atoms with van der Waals surface area (Å²) in [4.78, 5) is 2.51. The number of anilines is 1. The molecule has 0 saturated carbocycles. The van der Waals surface area contributed by atoms with E-state index in [0.717, 1.165) is 30.5 Å². The second-order valence-corrected chi connectivity index (χ2v) is 6.06. The molecule has 1 N–H and O–H groups in total. The van der Waals surface area contributed by atoms with Crippen LogP contribution in [0.5, 0.6) is 0 Å². The molecule has 0 amide bonds. The summed E-state index contributed by atoms with van der Waals surface area (Å²) in [6.45, 7) is 8.85. The maximum atomic E-state index is 6.15. The summed E-state index contributed by atoms with van der Waals surface area (Å²) in [6, 6.07) is 6.30. The van der Waals surface area contributed by atoms with Crippen LogP contribution in [-0.4, -0.2) is 19.6 Å². The van der Waals surface area contributed by atoms with Gasteiger partial charge in [-0.25, -0.2) is 0 Å². The Balaban J connectivity index is 2.09. The van der Waals surface area contributed by atoms with Gasteiger partial charge in [0.05, 0.1) is 0 Å². The van der Waals surface area contributed by atoms with E-state index in [0.29, 0.717) is 0 Å². The third kappa shape index (κ3) is 4.12. The molecule has 106 valence electrons. The topological polar surface area (TPSA) is 15.3 Å². The van der Waals surface area contributed by atoms with Crippen molar-refractivity contribution in [2.24, 2.45) is 5.92 Å². The molecule has 0 atom stereocenters. The van der Waals surface area contributed by atoms with Crippen molar-refractivity contribution in [2.75, 3.05) is 24.5 Å². The SMILES string of the molecule is CCCNCc1cc(Cl)ccc1N1CCC(C)CC1. The van der Waals surface area contributed by atoms with E-state index in [1.165, 1.54) is 37.2 Å². The normalized spacial score (nSPS) is 16.9. The lowest BCUT2D eigenvalue weighted by molar-refractivity contribution is 0.437. The predicted molar refractivity (Wildman–Crippen MR) is 84.1 cm³/mol. The summed E-state index contributed by atoms with van der Waals surface area (Å²) in [7, 11) is 0. The van der Waals surface area contributed by atoms with Gasteiger partial charge >= 0.3 is 0 Å². The number of hydrogen-bond donors (Lipinski definition) is 1. The van der Waals surface area contributed by atoms with Crippen molar-refractivity contribution in [3.63, 3.8) is 0 Å².